The number of nitrogens with one attached hydrogen (secondary N) is 2. The SMILES string of the molecule is CNC(=O)CC(C(=O)O)c1ccc(OC(=O)c2ccc(N(C)C(=N)N)cc2)cc1. The van der Waals surface area contributed by atoms with E-state index in [1.807, 2.05) is 0 Å². The highest BCUT2D eigenvalue weighted by Crippen LogP contribution is 2.24. The lowest BCUT2D eigenvalue weighted by Gasteiger charge is -2.16. The Labute approximate surface area is 167 Å². The summed E-state index contributed by atoms with van der Waals surface area (Å²) >= 11 is 0. The van der Waals surface area contributed by atoms with E-state index in [0.29, 0.717) is 16.8 Å². The Bertz CT molecular complexity index is 909. The van der Waals surface area contributed by atoms with Gasteiger partial charge in [-0.15, -0.1) is 0 Å². The number of ether oxygens (including phenoxy) is 1. The number of esters is 1. The molecule has 1 unspecified atom stereocenters. The van der Waals surface area contributed by atoms with Gasteiger partial charge in [0.15, 0.2) is 5.96 Å². The van der Waals surface area contributed by atoms with Gasteiger partial charge in [0.05, 0.1) is 11.5 Å². The molecule has 0 fully saturated rings. The van der Waals surface area contributed by atoms with Gasteiger partial charge in [0.25, 0.3) is 0 Å². The van der Waals surface area contributed by atoms with Gasteiger partial charge in [-0.1, -0.05) is 12.1 Å². The molecule has 1 atom stereocenters. The van der Waals surface area contributed by atoms with E-state index >= 15 is 0 Å². The van der Waals surface area contributed by atoms with E-state index in [9.17, 15) is 19.5 Å². The number of hydrogen-bond acceptors (Lipinski definition) is 5. The fourth-order valence-corrected chi connectivity index (χ4v) is 2.53. The molecule has 2 rings (SSSR count). The molecular weight excluding hydrogens is 376 g/mol. The van der Waals surface area contributed by atoms with Gasteiger partial charge in [0, 0.05) is 26.2 Å². The Morgan fingerprint density at radius 3 is 2.21 bits per heavy atom. The van der Waals surface area contributed by atoms with E-state index in [-0.39, 0.29) is 24.0 Å². The monoisotopic (exact) mass is 398 g/mol. The summed E-state index contributed by atoms with van der Waals surface area (Å²) in [5, 5.41) is 19.1. The summed E-state index contributed by atoms with van der Waals surface area (Å²) in [6.07, 6.45) is -0.188. The molecule has 2 aromatic rings. The maximum absolute atomic E-state index is 12.3. The molecule has 152 valence electrons. The van der Waals surface area contributed by atoms with Crippen molar-refractivity contribution in [1.82, 2.24) is 5.32 Å². The summed E-state index contributed by atoms with van der Waals surface area (Å²) < 4.78 is 5.30. The molecule has 9 heteroatoms. The van der Waals surface area contributed by atoms with Gasteiger partial charge in [0.2, 0.25) is 5.91 Å². The quantitative estimate of drug-likeness (QED) is 0.239. The molecule has 2 aromatic carbocycles. The van der Waals surface area contributed by atoms with Crippen LogP contribution in [0.4, 0.5) is 5.69 Å². The van der Waals surface area contributed by atoms with Gasteiger partial charge in [-0.25, -0.2) is 4.79 Å². The van der Waals surface area contributed by atoms with Crippen LogP contribution in [0.25, 0.3) is 0 Å². The number of amides is 1. The average Bonchev–Trinajstić information content (AvgIpc) is 2.71. The zero-order chi connectivity index (χ0) is 21.6. The van der Waals surface area contributed by atoms with Crippen molar-refractivity contribution < 1.29 is 24.2 Å². The van der Waals surface area contributed by atoms with Crippen LogP contribution in [-0.4, -0.2) is 43.0 Å². The molecule has 0 aliphatic heterocycles. The van der Waals surface area contributed by atoms with Gasteiger partial charge in [-0.3, -0.25) is 15.0 Å². The van der Waals surface area contributed by atoms with Crippen LogP contribution in [0.3, 0.4) is 0 Å². The molecule has 0 bridgehead atoms. The number of carbonyl (C=O) groups is 3. The van der Waals surface area contributed by atoms with Crippen LogP contribution in [0.15, 0.2) is 48.5 Å². The Hall–Kier alpha value is -3.88. The lowest BCUT2D eigenvalue weighted by molar-refractivity contribution is -0.140. The van der Waals surface area contributed by atoms with Gasteiger partial charge < -0.3 is 25.8 Å². The predicted molar refractivity (Wildman–Crippen MR) is 107 cm³/mol. The van der Waals surface area contributed by atoms with E-state index in [2.05, 4.69) is 5.32 Å². The van der Waals surface area contributed by atoms with Crippen molar-refractivity contribution in [2.45, 2.75) is 12.3 Å². The van der Waals surface area contributed by atoms with E-state index in [0.717, 1.165) is 0 Å². The Balaban J connectivity index is 2.08. The summed E-state index contributed by atoms with van der Waals surface area (Å²) in [6.45, 7) is 0. The molecule has 0 saturated heterocycles. The minimum Gasteiger partial charge on any atom is -0.481 e. The van der Waals surface area contributed by atoms with Crippen molar-refractivity contribution >= 4 is 29.5 Å². The first kappa shape index (κ1) is 21.4. The highest BCUT2D eigenvalue weighted by atomic mass is 16.5. The van der Waals surface area contributed by atoms with Crippen molar-refractivity contribution in [2.24, 2.45) is 5.73 Å². The van der Waals surface area contributed by atoms with Gasteiger partial charge >= 0.3 is 11.9 Å². The smallest absolute Gasteiger partial charge is 0.343 e. The fraction of sp³-hybridized carbons (Fsp3) is 0.200. The zero-order valence-corrected chi connectivity index (χ0v) is 16.0. The summed E-state index contributed by atoms with van der Waals surface area (Å²) in [5.41, 5.74) is 6.79. The number of anilines is 1. The van der Waals surface area contributed by atoms with Gasteiger partial charge in [-0.2, -0.15) is 0 Å². The number of hydrogen-bond donors (Lipinski definition) is 4. The van der Waals surface area contributed by atoms with Crippen molar-refractivity contribution in [3.8, 4) is 5.75 Å². The first-order chi connectivity index (χ1) is 13.7. The topological polar surface area (TPSA) is 146 Å². The third kappa shape index (κ3) is 5.55. The first-order valence-electron chi connectivity index (χ1n) is 8.66. The van der Waals surface area contributed by atoms with E-state index in [1.54, 1.807) is 31.3 Å². The molecule has 1 amide bonds. The van der Waals surface area contributed by atoms with Crippen LogP contribution < -0.4 is 20.7 Å². The average molecular weight is 398 g/mol. The highest BCUT2D eigenvalue weighted by molar-refractivity contribution is 5.94. The normalized spacial score (nSPS) is 11.2. The Kier molecular flexibility index (Phi) is 6.91. The predicted octanol–water partition coefficient (Wildman–Crippen LogP) is 1.54. The molecule has 0 heterocycles. The van der Waals surface area contributed by atoms with Crippen LogP contribution in [0, 0.1) is 5.41 Å². The van der Waals surface area contributed by atoms with Crippen LogP contribution in [0.2, 0.25) is 0 Å². The second-order valence-electron chi connectivity index (χ2n) is 6.22. The summed E-state index contributed by atoms with van der Waals surface area (Å²) in [6, 6.07) is 12.3. The number of carboxylic acid groups (broad SMARTS) is 1. The van der Waals surface area contributed by atoms with E-state index < -0.39 is 17.9 Å². The summed E-state index contributed by atoms with van der Waals surface area (Å²) in [5.74, 6) is -2.97. The molecule has 0 aliphatic carbocycles. The van der Waals surface area contributed by atoms with Crippen LogP contribution >= 0.6 is 0 Å². The minimum atomic E-state index is -1.12. The number of nitrogens with zero attached hydrogens (tertiary/aromatic N) is 1. The molecule has 0 radical (unpaired) electrons. The third-order valence-corrected chi connectivity index (χ3v) is 4.31. The molecule has 0 aromatic heterocycles. The maximum Gasteiger partial charge on any atom is 0.343 e. The third-order valence-electron chi connectivity index (χ3n) is 4.31. The van der Waals surface area contributed by atoms with E-state index in [1.165, 1.54) is 36.2 Å². The van der Waals surface area contributed by atoms with Gasteiger partial charge in [0.1, 0.15) is 5.75 Å². The van der Waals surface area contributed by atoms with Crippen LogP contribution in [0.1, 0.15) is 28.3 Å². The molecule has 0 aliphatic rings. The van der Waals surface area contributed by atoms with Crippen LogP contribution in [0.5, 0.6) is 5.75 Å². The Morgan fingerprint density at radius 2 is 1.72 bits per heavy atom. The number of carboxylic acids is 1. The number of aliphatic carboxylic acids is 1. The molecule has 9 nitrogen and oxygen atoms in total. The number of nitrogens with two attached hydrogens (primary N) is 1. The number of benzene rings is 2. The van der Waals surface area contributed by atoms with Crippen molar-refractivity contribution in [1.29, 1.82) is 5.41 Å². The second-order valence-corrected chi connectivity index (χ2v) is 6.22. The number of guanidine groups is 1. The van der Waals surface area contributed by atoms with Crippen molar-refractivity contribution in [2.75, 3.05) is 19.0 Å². The summed E-state index contributed by atoms with van der Waals surface area (Å²) in [4.78, 5) is 36.7. The molecule has 0 spiro atoms. The van der Waals surface area contributed by atoms with Crippen molar-refractivity contribution in [3.63, 3.8) is 0 Å². The second kappa shape index (κ2) is 9.36. The lowest BCUT2D eigenvalue weighted by atomic mass is 9.95. The number of rotatable bonds is 7. The largest absolute Gasteiger partial charge is 0.481 e. The summed E-state index contributed by atoms with van der Waals surface area (Å²) in [7, 11) is 3.07. The minimum absolute atomic E-state index is 0.128. The van der Waals surface area contributed by atoms with Gasteiger partial charge in [-0.05, 0) is 42.0 Å². The molecule has 29 heavy (non-hydrogen) atoms. The lowest BCUT2D eigenvalue weighted by Crippen LogP contribution is -2.32. The first-order valence-corrected chi connectivity index (χ1v) is 8.66. The number of carbonyl (C=O) groups excluding carboxylic acids is 2. The van der Waals surface area contributed by atoms with Crippen molar-refractivity contribution in [3.05, 3.63) is 59.7 Å². The fourth-order valence-electron chi connectivity index (χ4n) is 2.53. The van der Waals surface area contributed by atoms with Crippen LogP contribution in [-0.2, 0) is 9.59 Å². The molecular formula is C20H22N4O5. The Morgan fingerprint density at radius 1 is 1.14 bits per heavy atom. The standard InChI is InChI=1S/C20H22N4O5/c1-23-17(25)11-16(18(26)27)12-5-9-15(10-6-12)29-19(28)13-3-7-14(8-4-13)24(2)20(21)22/h3-10,16H,11H2,1-2H3,(H3,21,22)(H,23,25)(H,26,27). The maximum atomic E-state index is 12.3. The highest BCUT2D eigenvalue weighted by Gasteiger charge is 2.23. The molecule has 0 saturated carbocycles. The molecule has 5 N–H and O–H groups in total. The zero-order valence-electron chi connectivity index (χ0n) is 16.0. The van der Waals surface area contributed by atoms with E-state index in [4.69, 9.17) is 15.9 Å².